The van der Waals surface area contributed by atoms with Gasteiger partial charge in [-0.15, -0.1) is 0 Å². The molecule has 0 radical (unpaired) electrons. The molecule has 2 unspecified atom stereocenters. The maximum Gasteiger partial charge on any atom is 0.305 e. The number of hydrogen-bond acceptors (Lipinski definition) is 7. The molecule has 5 N–H and O–H groups in total. The molecule has 8 nitrogen and oxygen atoms in total. The monoisotopic (exact) mass is 324 g/mol. The van der Waals surface area contributed by atoms with Crippen molar-refractivity contribution in [3.05, 3.63) is 0 Å². The summed E-state index contributed by atoms with van der Waals surface area (Å²) in [5.74, 6) is -1.15. The molecular formula is C14H28O8. The molecule has 132 valence electrons. The summed E-state index contributed by atoms with van der Waals surface area (Å²) in [7, 11) is 0. The Hall–Kier alpha value is -1.22. The van der Waals surface area contributed by atoms with Crippen LogP contribution in [-0.2, 0) is 14.3 Å². The molecule has 0 amide bonds. The van der Waals surface area contributed by atoms with Crippen LogP contribution >= 0.6 is 0 Å². The fourth-order valence-electron chi connectivity index (χ4n) is 1.27. The van der Waals surface area contributed by atoms with Gasteiger partial charge in [-0.25, -0.2) is 0 Å². The average Bonchev–Trinajstić information content (AvgIpc) is 2.49. The zero-order chi connectivity index (χ0) is 17.4. The fraction of sp³-hybridized carbons (Fsp3) is 0.857. The van der Waals surface area contributed by atoms with E-state index in [0.29, 0.717) is 25.7 Å². The van der Waals surface area contributed by atoms with Crippen molar-refractivity contribution in [1.82, 2.24) is 0 Å². The van der Waals surface area contributed by atoms with Gasteiger partial charge >= 0.3 is 11.9 Å². The minimum atomic E-state index is -0.948. The average molecular weight is 324 g/mol. The number of carbonyl (C=O) groups is 2. The number of aliphatic hydroxyl groups excluding tert-OH is 4. The van der Waals surface area contributed by atoms with E-state index in [0.717, 1.165) is 6.42 Å². The quantitative estimate of drug-likeness (QED) is 0.256. The molecule has 0 fully saturated rings. The van der Waals surface area contributed by atoms with Crippen molar-refractivity contribution in [1.29, 1.82) is 0 Å². The molecule has 8 heteroatoms. The highest BCUT2D eigenvalue weighted by Crippen LogP contribution is 2.02. The van der Waals surface area contributed by atoms with E-state index in [1.54, 1.807) is 0 Å². The van der Waals surface area contributed by atoms with Crippen LogP contribution in [0.1, 0.15) is 45.4 Å². The van der Waals surface area contributed by atoms with Crippen LogP contribution < -0.4 is 0 Å². The SMILES string of the molecule is CCCC(=O)OCC(O)CO.O=C(O)CCCCC(O)CO. The van der Waals surface area contributed by atoms with Gasteiger partial charge < -0.3 is 30.3 Å². The van der Waals surface area contributed by atoms with Gasteiger partial charge in [-0.05, 0) is 19.3 Å². The van der Waals surface area contributed by atoms with Crippen LogP contribution in [0.5, 0.6) is 0 Å². The normalized spacial score (nSPS) is 12.8. The van der Waals surface area contributed by atoms with E-state index in [-0.39, 0.29) is 32.2 Å². The van der Waals surface area contributed by atoms with E-state index >= 15 is 0 Å². The van der Waals surface area contributed by atoms with Gasteiger partial charge in [0.25, 0.3) is 0 Å². The van der Waals surface area contributed by atoms with Gasteiger partial charge in [0.15, 0.2) is 0 Å². The van der Waals surface area contributed by atoms with Crippen molar-refractivity contribution in [2.45, 2.75) is 57.7 Å². The lowest BCUT2D eigenvalue weighted by Gasteiger charge is -2.07. The number of esters is 1. The Morgan fingerprint density at radius 3 is 2.05 bits per heavy atom. The molecule has 0 spiro atoms. The number of aliphatic hydroxyl groups is 4. The van der Waals surface area contributed by atoms with Gasteiger partial charge in [-0.1, -0.05) is 13.3 Å². The van der Waals surface area contributed by atoms with Gasteiger partial charge in [-0.3, -0.25) is 9.59 Å². The predicted octanol–water partition coefficient (Wildman–Crippen LogP) is -0.333. The molecule has 0 rings (SSSR count). The van der Waals surface area contributed by atoms with Crippen LogP contribution in [0.4, 0.5) is 0 Å². The van der Waals surface area contributed by atoms with Crippen LogP contribution in [0, 0.1) is 0 Å². The minimum Gasteiger partial charge on any atom is -0.481 e. The Labute approximate surface area is 130 Å². The molecule has 0 aromatic carbocycles. The van der Waals surface area contributed by atoms with Crippen molar-refractivity contribution in [2.75, 3.05) is 19.8 Å². The van der Waals surface area contributed by atoms with Crippen molar-refractivity contribution in [3.8, 4) is 0 Å². The van der Waals surface area contributed by atoms with Gasteiger partial charge in [0.05, 0.1) is 19.3 Å². The Morgan fingerprint density at radius 2 is 1.59 bits per heavy atom. The molecule has 0 heterocycles. The van der Waals surface area contributed by atoms with Crippen molar-refractivity contribution in [3.63, 3.8) is 0 Å². The van der Waals surface area contributed by atoms with E-state index in [1.807, 2.05) is 6.92 Å². The summed E-state index contributed by atoms with van der Waals surface area (Å²) < 4.78 is 4.59. The molecule has 0 aromatic rings. The van der Waals surface area contributed by atoms with Gasteiger partial charge in [-0.2, -0.15) is 0 Å². The summed E-state index contributed by atoms with van der Waals surface area (Å²) >= 11 is 0. The molecule has 22 heavy (non-hydrogen) atoms. The van der Waals surface area contributed by atoms with Crippen LogP contribution in [0.25, 0.3) is 0 Å². The summed E-state index contributed by atoms with van der Waals surface area (Å²) in [6.45, 7) is 1.13. The number of carbonyl (C=O) groups excluding carboxylic acids is 1. The lowest BCUT2D eigenvalue weighted by molar-refractivity contribution is -0.147. The Kier molecular flexibility index (Phi) is 16.9. The maximum absolute atomic E-state index is 10.6. The van der Waals surface area contributed by atoms with E-state index in [2.05, 4.69) is 4.74 Å². The highest BCUT2D eigenvalue weighted by atomic mass is 16.5. The third-order valence-electron chi connectivity index (χ3n) is 2.49. The van der Waals surface area contributed by atoms with E-state index in [1.165, 1.54) is 0 Å². The number of unbranched alkanes of at least 4 members (excludes halogenated alkanes) is 1. The van der Waals surface area contributed by atoms with Crippen LogP contribution in [0.15, 0.2) is 0 Å². The van der Waals surface area contributed by atoms with Gasteiger partial charge in [0.2, 0.25) is 0 Å². The zero-order valence-corrected chi connectivity index (χ0v) is 13.0. The molecular weight excluding hydrogens is 296 g/mol. The second-order valence-electron chi connectivity index (χ2n) is 4.75. The minimum absolute atomic E-state index is 0.116. The third kappa shape index (κ3) is 18.8. The van der Waals surface area contributed by atoms with Crippen LogP contribution in [0.2, 0.25) is 0 Å². The van der Waals surface area contributed by atoms with Crippen LogP contribution in [0.3, 0.4) is 0 Å². The second kappa shape index (κ2) is 16.2. The first-order valence-electron chi connectivity index (χ1n) is 7.32. The summed E-state index contributed by atoms with van der Waals surface area (Å²) in [4.78, 5) is 20.7. The first kappa shape index (κ1) is 23.1. The summed E-state index contributed by atoms with van der Waals surface area (Å²) in [6.07, 6.45) is 1.27. The van der Waals surface area contributed by atoms with Crippen molar-refractivity contribution < 1.29 is 39.9 Å². The Bertz CT molecular complexity index is 282. The largest absolute Gasteiger partial charge is 0.481 e. The Morgan fingerprint density at radius 1 is 1.00 bits per heavy atom. The molecule has 0 bridgehead atoms. The number of carboxylic acids is 1. The second-order valence-corrected chi connectivity index (χ2v) is 4.75. The number of rotatable bonds is 11. The predicted molar refractivity (Wildman–Crippen MR) is 78.2 cm³/mol. The number of aliphatic carboxylic acids is 1. The first-order chi connectivity index (χ1) is 10.4. The molecule has 0 saturated carbocycles. The van der Waals surface area contributed by atoms with Crippen molar-refractivity contribution >= 4 is 11.9 Å². The number of ether oxygens (including phenoxy) is 1. The first-order valence-corrected chi connectivity index (χ1v) is 7.32. The molecule has 2 atom stereocenters. The lowest BCUT2D eigenvalue weighted by Crippen LogP contribution is -2.21. The van der Waals surface area contributed by atoms with E-state index in [9.17, 15) is 9.59 Å². The Balaban J connectivity index is 0. The number of carboxylic acid groups (broad SMARTS) is 1. The smallest absolute Gasteiger partial charge is 0.305 e. The molecule has 0 aliphatic rings. The lowest BCUT2D eigenvalue weighted by atomic mass is 10.1. The van der Waals surface area contributed by atoms with Crippen molar-refractivity contribution in [2.24, 2.45) is 0 Å². The topological polar surface area (TPSA) is 145 Å². The fourth-order valence-corrected chi connectivity index (χ4v) is 1.27. The molecule has 0 aliphatic carbocycles. The molecule has 0 aliphatic heterocycles. The zero-order valence-electron chi connectivity index (χ0n) is 13.0. The van der Waals surface area contributed by atoms with Crippen LogP contribution in [-0.4, -0.2) is 69.5 Å². The summed E-state index contributed by atoms with van der Waals surface area (Å²) in [5.41, 5.74) is 0. The summed E-state index contributed by atoms with van der Waals surface area (Å²) in [6, 6.07) is 0. The van der Waals surface area contributed by atoms with Gasteiger partial charge in [0.1, 0.15) is 12.7 Å². The summed E-state index contributed by atoms with van der Waals surface area (Å²) in [5, 5.41) is 42.5. The molecule has 0 aromatic heterocycles. The van der Waals surface area contributed by atoms with E-state index in [4.69, 9.17) is 25.5 Å². The molecule has 0 saturated heterocycles. The van der Waals surface area contributed by atoms with E-state index < -0.39 is 18.2 Å². The number of hydrogen-bond donors (Lipinski definition) is 5. The highest BCUT2D eigenvalue weighted by Gasteiger charge is 2.05. The third-order valence-corrected chi connectivity index (χ3v) is 2.49. The van der Waals surface area contributed by atoms with Gasteiger partial charge in [0, 0.05) is 12.8 Å². The highest BCUT2D eigenvalue weighted by molar-refractivity contribution is 5.69. The maximum atomic E-state index is 10.6. The standard InChI is InChI=1S/2C7H14O4/c1-2-3-7(10)11-5-6(9)4-8;8-5-6(9)3-1-2-4-7(10)11/h6,8-9H,2-5H2,1H3;6,8-9H,1-5H2,(H,10,11).